The van der Waals surface area contributed by atoms with Crippen molar-refractivity contribution in [2.75, 3.05) is 31.7 Å². The molecule has 1 aliphatic heterocycles. The van der Waals surface area contributed by atoms with E-state index in [2.05, 4.69) is 18.7 Å². The van der Waals surface area contributed by atoms with Crippen molar-refractivity contribution >= 4 is 34.8 Å². The SMILES string of the molecule is CCOC(=O)C1=C(c2ccccc2)N=c2s/c(=C\c3ccc(N(CC)CC)cc3O)c(=O)n2[C@H]1c1cccc(OC)c1. The molecule has 0 saturated heterocycles. The Bertz CT molecular complexity index is 1820. The minimum absolute atomic E-state index is 0.0757. The number of benzene rings is 3. The fraction of sp³-hybridized carbons (Fsp3) is 0.242. The predicted molar refractivity (Wildman–Crippen MR) is 166 cm³/mol. The number of ether oxygens (including phenoxy) is 2. The van der Waals surface area contributed by atoms with Crippen molar-refractivity contribution < 1.29 is 19.4 Å². The molecule has 9 heteroatoms. The Morgan fingerprint density at radius 2 is 1.81 bits per heavy atom. The highest BCUT2D eigenvalue weighted by atomic mass is 32.1. The van der Waals surface area contributed by atoms with E-state index in [1.807, 2.05) is 60.7 Å². The van der Waals surface area contributed by atoms with Crippen LogP contribution < -0.4 is 24.5 Å². The Balaban J connectivity index is 1.77. The number of carbonyl (C=O) groups is 1. The average Bonchev–Trinajstić information content (AvgIpc) is 3.32. The van der Waals surface area contributed by atoms with Gasteiger partial charge >= 0.3 is 5.97 Å². The largest absolute Gasteiger partial charge is 0.507 e. The van der Waals surface area contributed by atoms with E-state index >= 15 is 0 Å². The standard InChI is InChI=1S/C33H33N3O5S/c1-5-35(6-2)24-17-16-22(26(37)20-24)19-27-31(38)36-30(23-14-11-15-25(18-23)40-4)28(32(39)41-7-3)29(34-33(36)42-27)21-12-9-8-10-13-21/h8-20,30,37H,5-7H2,1-4H3/b27-19-/t30-/m0/s1. The lowest BCUT2D eigenvalue weighted by molar-refractivity contribution is -0.138. The molecule has 0 bridgehead atoms. The monoisotopic (exact) mass is 583 g/mol. The van der Waals surface area contributed by atoms with Gasteiger partial charge in [-0.15, -0.1) is 0 Å². The van der Waals surface area contributed by atoms with Crippen molar-refractivity contribution in [3.63, 3.8) is 0 Å². The zero-order valence-electron chi connectivity index (χ0n) is 24.0. The van der Waals surface area contributed by atoms with Gasteiger partial charge in [-0.2, -0.15) is 0 Å². The first kappa shape index (κ1) is 28.9. The zero-order valence-corrected chi connectivity index (χ0v) is 24.9. The van der Waals surface area contributed by atoms with Crippen molar-refractivity contribution in [1.29, 1.82) is 0 Å². The van der Waals surface area contributed by atoms with Gasteiger partial charge in [0.05, 0.1) is 35.6 Å². The van der Waals surface area contributed by atoms with Crippen LogP contribution in [0.1, 0.15) is 43.5 Å². The van der Waals surface area contributed by atoms with E-state index in [1.54, 1.807) is 32.2 Å². The van der Waals surface area contributed by atoms with Gasteiger partial charge in [0, 0.05) is 36.0 Å². The summed E-state index contributed by atoms with van der Waals surface area (Å²) >= 11 is 1.21. The molecule has 1 aliphatic rings. The van der Waals surface area contributed by atoms with E-state index in [0.29, 0.717) is 31.9 Å². The first-order valence-electron chi connectivity index (χ1n) is 13.9. The summed E-state index contributed by atoms with van der Waals surface area (Å²) in [6.07, 6.45) is 1.67. The highest BCUT2D eigenvalue weighted by molar-refractivity contribution is 7.07. The topological polar surface area (TPSA) is 93.4 Å². The van der Waals surface area contributed by atoms with Gasteiger partial charge in [-0.25, -0.2) is 9.79 Å². The smallest absolute Gasteiger partial charge is 0.338 e. The number of esters is 1. The summed E-state index contributed by atoms with van der Waals surface area (Å²) in [7, 11) is 1.57. The van der Waals surface area contributed by atoms with Gasteiger partial charge in [-0.1, -0.05) is 53.8 Å². The summed E-state index contributed by atoms with van der Waals surface area (Å²) < 4.78 is 12.9. The predicted octanol–water partition coefficient (Wildman–Crippen LogP) is 4.50. The molecule has 8 nitrogen and oxygen atoms in total. The summed E-state index contributed by atoms with van der Waals surface area (Å²) in [5.74, 6) is 0.118. The van der Waals surface area contributed by atoms with Crippen LogP contribution in [0.2, 0.25) is 0 Å². The van der Waals surface area contributed by atoms with Crippen LogP contribution in [-0.4, -0.2) is 42.4 Å². The number of methoxy groups -OCH3 is 1. The zero-order chi connectivity index (χ0) is 29.8. The van der Waals surface area contributed by atoms with E-state index in [4.69, 9.17) is 14.5 Å². The lowest BCUT2D eigenvalue weighted by Gasteiger charge is -2.26. The molecule has 0 saturated carbocycles. The summed E-state index contributed by atoms with van der Waals surface area (Å²) in [5.41, 5.74) is 3.22. The summed E-state index contributed by atoms with van der Waals surface area (Å²) in [4.78, 5) is 35.1. The molecular formula is C33H33N3O5S. The van der Waals surface area contributed by atoms with Crippen LogP contribution in [0, 0.1) is 0 Å². The molecule has 4 aromatic rings. The third-order valence-corrected chi connectivity index (χ3v) is 8.20. The number of hydrogen-bond acceptors (Lipinski definition) is 8. The average molecular weight is 584 g/mol. The second kappa shape index (κ2) is 12.5. The summed E-state index contributed by atoms with van der Waals surface area (Å²) in [6, 6.07) is 21.3. The van der Waals surface area contributed by atoms with Gasteiger partial charge < -0.3 is 19.5 Å². The number of phenols is 1. The quantitative estimate of drug-likeness (QED) is 0.292. The first-order valence-corrected chi connectivity index (χ1v) is 14.7. The van der Waals surface area contributed by atoms with Crippen LogP contribution in [-0.2, 0) is 9.53 Å². The number of carbonyl (C=O) groups excluding carboxylic acids is 1. The molecule has 1 N–H and O–H groups in total. The Hall–Kier alpha value is -4.63. The third kappa shape index (κ3) is 5.47. The van der Waals surface area contributed by atoms with Crippen molar-refractivity contribution in [2.24, 2.45) is 4.99 Å². The Morgan fingerprint density at radius 3 is 2.48 bits per heavy atom. The van der Waals surface area contributed by atoms with Crippen molar-refractivity contribution in [2.45, 2.75) is 26.8 Å². The van der Waals surface area contributed by atoms with Crippen LogP contribution in [0.25, 0.3) is 11.8 Å². The number of aromatic nitrogens is 1. The molecular weight excluding hydrogens is 550 g/mol. The number of nitrogens with zero attached hydrogens (tertiary/aromatic N) is 3. The number of phenolic OH excluding ortho intramolecular Hbond substituents is 1. The minimum Gasteiger partial charge on any atom is -0.507 e. The minimum atomic E-state index is -0.814. The highest BCUT2D eigenvalue weighted by Crippen LogP contribution is 2.36. The molecule has 0 spiro atoms. The summed E-state index contributed by atoms with van der Waals surface area (Å²) in [5, 5.41) is 10.9. The molecule has 42 heavy (non-hydrogen) atoms. The molecule has 2 heterocycles. The first-order chi connectivity index (χ1) is 20.4. The van der Waals surface area contributed by atoms with E-state index in [0.717, 1.165) is 24.3 Å². The van der Waals surface area contributed by atoms with Crippen LogP contribution in [0.5, 0.6) is 11.5 Å². The maximum absolute atomic E-state index is 14.1. The number of anilines is 1. The van der Waals surface area contributed by atoms with Crippen molar-refractivity contribution in [1.82, 2.24) is 4.57 Å². The fourth-order valence-corrected chi connectivity index (χ4v) is 6.14. The van der Waals surface area contributed by atoms with Crippen molar-refractivity contribution in [3.8, 4) is 11.5 Å². The summed E-state index contributed by atoms with van der Waals surface area (Å²) in [6.45, 7) is 7.65. The highest BCUT2D eigenvalue weighted by Gasteiger charge is 2.35. The normalized spacial score (nSPS) is 14.8. The molecule has 3 aromatic carbocycles. The maximum Gasteiger partial charge on any atom is 0.338 e. The molecule has 1 aromatic heterocycles. The molecule has 0 radical (unpaired) electrons. The second-order valence-corrected chi connectivity index (χ2v) is 10.6. The van der Waals surface area contributed by atoms with E-state index < -0.39 is 12.0 Å². The lowest BCUT2D eigenvalue weighted by atomic mass is 9.93. The molecule has 0 unspecified atom stereocenters. The third-order valence-electron chi connectivity index (χ3n) is 7.21. The van der Waals surface area contributed by atoms with Crippen LogP contribution in [0.3, 0.4) is 0 Å². The maximum atomic E-state index is 14.1. The van der Waals surface area contributed by atoms with Crippen LogP contribution in [0.15, 0.2) is 88.2 Å². The van der Waals surface area contributed by atoms with Gasteiger partial charge in [-0.3, -0.25) is 9.36 Å². The van der Waals surface area contributed by atoms with Crippen LogP contribution >= 0.6 is 11.3 Å². The van der Waals surface area contributed by atoms with E-state index in [-0.39, 0.29) is 23.5 Å². The Labute approximate surface area is 248 Å². The fourth-order valence-electron chi connectivity index (χ4n) is 5.15. The van der Waals surface area contributed by atoms with E-state index in [9.17, 15) is 14.7 Å². The van der Waals surface area contributed by atoms with Gasteiger partial charge in [0.25, 0.3) is 5.56 Å². The van der Waals surface area contributed by atoms with Crippen molar-refractivity contribution in [3.05, 3.63) is 115 Å². The van der Waals surface area contributed by atoms with Gasteiger partial charge in [0.1, 0.15) is 11.5 Å². The van der Waals surface area contributed by atoms with Gasteiger partial charge in [0.2, 0.25) is 0 Å². The molecule has 1 atom stereocenters. The molecule has 0 aliphatic carbocycles. The molecule has 0 amide bonds. The Morgan fingerprint density at radius 1 is 1.05 bits per heavy atom. The second-order valence-electron chi connectivity index (χ2n) is 9.62. The molecule has 216 valence electrons. The molecule has 0 fully saturated rings. The number of thiazole rings is 1. The number of aromatic hydroxyl groups is 1. The Kier molecular flexibility index (Phi) is 8.59. The van der Waals surface area contributed by atoms with E-state index in [1.165, 1.54) is 15.9 Å². The number of rotatable bonds is 9. The number of fused-ring (bicyclic) bond motifs is 1. The molecule has 5 rings (SSSR count). The van der Waals surface area contributed by atoms with Crippen LogP contribution in [0.4, 0.5) is 5.69 Å². The van der Waals surface area contributed by atoms with Gasteiger partial charge in [-0.05, 0) is 56.7 Å². The van der Waals surface area contributed by atoms with Gasteiger partial charge in [0.15, 0.2) is 4.80 Å². The lowest BCUT2D eigenvalue weighted by Crippen LogP contribution is -2.40. The number of hydrogen-bond donors (Lipinski definition) is 1.